The van der Waals surface area contributed by atoms with Crippen LogP contribution in [0.25, 0.3) is 0 Å². The Morgan fingerprint density at radius 3 is 2.55 bits per heavy atom. The SMILES string of the molecule is CC(C)Nc1cccnc1N(C1CCNCC1)C1CC1. The first-order chi connectivity index (χ1) is 9.75. The Morgan fingerprint density at radius 2 is 1.90 bits per heavy atom. The highest BCUT2D eigenvalue weighted by atomic mass is 15.3. The second-order valence-electron chi connectivity index (χ2n) is 6.29. The van der Waals surface area contributed by atoms with Gasteiger partial charge in [-0.2, -0.15) is 0 Å². The zero-order valence-electron chi connectivity index (χ0n) is 12.6. The van der Waals surface area contributed by atoms with Crippen LogP contribution in [-0.2, 0) is 0 Å². The summed E-state index contributed by atoms with van der Waals surface area (Å²) in [7, 11) is 0. The maximum absolute atomic E-state index is 4.71. The molecule has 1 aromatic heterocycles. The Labute approximate surface area is 122 Å². The number of rotatable bonds is 5. The van der Waals surface area contributed by atoms with Gasteiger partial charge >= 0.3 is 0 Å². The minimum Gasteiger partial charge on any atom is -0.380 e. The van der Waals surface area contributed by atoms with Crippen LogP contribution in [0.4, 0.5) is 11.5 Å². The van der Waals surface area contributed by atoms with Gasteiger partial charge in [-0.3, -0.25) is 0 Å². The van der Waals surface area contributed by atoms with Crippen molar-refractivity contribution in [3.8, 4) is 0 Å². The Balaban J connectivity index is 1.86. The number of nitrogens with zero attached hydrogens (tertiary/aromatic N) is 2. The monoisotopic (exact) mass is 274 g/mol. The van der Waals surface area contributed by atoms with E-state index >= 15 is 0 Å². The molecule has 3 rings (SSSR count). The van der Waals surface area contributed by atoms with Crippen LogP contribution in [0.5, 0.6) is 0 Å². The summed E-state index contributed by atoms with van der Waals surface area (Å²) in [6.07, 6.45) is 7.03. The Bertz CT molecular complexity index is 436. The Hall–Kier alpha value is -1.29. The average molecular weight is 274 g/mol. The molecule has 0 atom stereocenters. The van der Waals surface area contributed by atoms with Gasteiger partial charge in [-0.05, 0) is 64.8 Å². The van der Waals surface area contributed by atoms with Crippen molar-refractivity contribution >= 4 is 11.5 Å². The summed E-state index contributed by atoms with van der Waals surface area (Å²) in [5.74, 6) is 1.16. The summed E-state index contributed by atoms with van der Waals surface area (Å²) in [5.41, 5.74) is 1.19. The fourth-order valence-electron chi connectivity index (χ4n) is 3.11. The maximum Gasteiger partial charge on any atom is 0.152 e. The molecule has 2 heterocycles. The van der Waals surface area contributed by atoms with E-state index in [1.165, 1.54) is 31.4 Å². The van der Waals surface area contributed by atoms with Gasteiger partial charge in [0.05, 0.1) is 5.69 Å². The van der Waals surface area contributed by atoms with Gasteiger partial charge in [0.2, 0.25) is 0 Å². The number of hydrogen-bond donors (Lipinski definition) is 2. The number of pyridine rings is 1. The average Bonchev–Trinajstić information content (AvgIpc) is 3.26. The van der Waals surface area contributed by atoms with Crippen molar-refractivity contribution < 1.29 is 0 Å². The zero-order chi connectivity index (χ0) is 13.9. The number of hydrogen-bond acceptors (Lipinski definition) is 4. The zero-order valence-corrected chi connectivity index (χ0v) is 12.6. The molecule has 4 heteroatoms. The predicted molar refractivity (Wildman–Crippen MR) is 84.4 cm³/mol. The van der Waals surface area contributed by atoms with Gasteiger partial charge in [0.25, 0.3) is 0 Å². The fourth-order valence-corrected chi connectivity index (χ4v) is 3.11. The first-order valence-electron chi connectivity index (χ1n) is 7.96. The number of nitrogens with one attached hydrogen (secondary N) is 2. The number of aromatic nitrogens is 1. The van der Waals surface area contributed by atoms with E-state index in [1.54, 1.807) is 0 Å². The third-order valence-corrected chi connectivity index (χ3v) is 4.12. The Morgan fingerprint density at radius 1 is 1.20 bits per heavy atom. The molecule has 2 aliphatic rings. The molecule has 0 bridgehead atoms. The normalized spacial score (nSPS) is 20.1. The molecule has 4 nitrogen and oxygen atoms in total. The molecule has 2 N–H and O–H groups in total. The molecule has 1 aliphatic carbocycles. The summed E-state index contributed by atoms with van der Waals surface area (Å²) in [6.45, 7) is 6.63. The van der Waals surface area contributed by atoms with E-state index in [-0.39, 0.29) is 0 Å². The summed E-state index contributed by atoms with van der Waals surface area (Å²) < 4.78 is 0. The lowest BCUT2D eigenvalue weighted by atomic mass is 10.0. The predicted octanol–water partition coefficient (Wildman–Crippen LogP) is 2.62. The van der Waals surface area contributed by atoms with E-state index in [9.17, 15) is 0 Å². The summed E-state index contributed by atoms with van der Waals surface area (Å²) >= 11 is 0. The third-order valence-electron chi connectivity index (χ3n) is 4.12. The van der Waals surface area contributed by atoms with Gasteiger partial charge in [-0.25, -0.2) is 4.98 Å². The second kappa shape index (κ2) is 6.00. The molecule has 1 aromatic rings. The largest absolute Gasteiger partial charge is 0.380 e. The lowest BCUT2D eigenvalue weighted by Gasteiger charge is -2.37. The highest BCUT2D eigenvalue weighted by Crippen LogP contribution is 2.37. The van der Waals surface area contributed by atoms with E-state index in [4.69, 9.17) is 4.98 Å². The fraction of sp³-hybridized carbons (Fsp3) is 0.688. The number of anilines is 2. The van der Waals surface area contributed by atoms with Gasteiger partial charge in [0.15, 0.2) is 5.82 Å². The van der Waals surface area contributed by atoms with Gasteiger partial charge in [-0.15, -0.1) is 0 Å². The van der Waals surface area contributed by atoms with Crippen LogP contribution in [0.15, 0.2) is 18.3 Å². The molecular formula is C16H26N4. The smallest absolute Gasteiger partial charge is 0.152 e. The summed E-state index contributed by atoms with van der Waals surface area (Å²) in [5, 5.41) is 7.02. The molecule has 2 fully saturated rings. The maximum atomic E-state index is 4.71. The van der Waals surface area contributed by atoms with Crippen molar-refractivity contribution in [2.45, 2.75) is 57.7 Å². The van der Waals surface area contributed by atoms with Crippen molar-refractivity contribution in [1.82, 2.24) is 10.3 Å². The molecule has 0 unspecified atom stereocenters. The van der Waals surface area contributed by atoms with E-state index in [0.29, 0.717) is 18.1 Å². The molecule has 0 radical (unpaired) electrons. The van der Waals surface area contributed by atoms with Crippen molar-refractivity contribution in [1.29, 1.82) is 0 Å². The van der Waals surface area contributed by atoms with Crippen LogP contribution >= 0.6 is 0 Å². The van der Waals surface area contributed by atoms with E-state index in [1.807, 2.05) is 12.3 Å². The molecule has 0 amide bonds. The van der Waals surface area contributed by atoms with Crippen LogP contribution in [0.2, 0.25) is 0 Å². The van der Waals surface area contributed by atoms with Crippen LogP contribution in [0, 0.1) is 0 Å². The van der Waals surface area contributed by atoms with Gasteiger partial charge < -0.3 is 15.5 Å². The molecule has 1 saturated heterocycles. The lowest BCUT2D eigenvalue weighted by molar-refractivity contribution is 0.425. The topological polar surface area (TPSA) is 40.2 Å². The van der Waals surface area contributed by atoms with Gasteiger partial charge in [0.1, 0.15) is 0 Å². The number of piperidine rings is 1. The molecule has 1 saturated carbocycles. The highest BCUT2D eigenvalue weighted by Gasteiger charge is 2.36. The van der Waals surface area contributed by atoms with Crippen LogP contribution in [0.1, 0.15) is 39.5 Å². The van der Waals surface area contributed by atoms with Crippen LogP contribution in [0.3, 0.4) is 0 Å². The second-order valence-corrected chi connectivity index (χ2v) is 6.29. The Kier molecular flexibility index (Phi) is 4.10. The van der Waals surface area contributed by atoms with Crippen LogP contribution in [-0.4, -0.2) is 36.2 Å². The minimum absolute atomic E-state index is 0.437. The van der Waals surface area contributed by atoms with E-state index in [2.05, 4.69) is 35.4 Å². The highest BCUT2D eigenvalue weighted by molar-refractivity contribution is 5.67. The molecule has 0 aromatic carbocycles. The molecular weight excluding hydrogens is 248 g/mol. The molecule has 20 heavy (non-hydrogen) atoms. The minimum atomic E-state index is 0.437. The van der Waals surface area contributed by atoms with Crippen LogP contribution < -0.4 is 15.5 Å². The van der Waals surface area contributed by atoms with Crippen molar-refractivity contribution in [2.75, 3.05) is 23.3 Å². The van der Waals surface area contributed by atoms with Crippen molar-refractivity contribution in [2.24, 2.45) is 0 Å². The third kappa shape index (κ3) is 3.06. The standard InChI is InChI=1S/C16H26N4/c1-12(2)19-15-4-3-9-18-16(15)20(13-5-6-13)14-7-10-17-11-8-14/h3-4,9,12-14,17,19H,5-8,10-11H2,1-2H3. The quantitative estimate of drug-likeness (QED) is 0.866. The van der Waals surface area contributed by atoms with Crippen molar-refractivity contribution in [3.05, 3.63) is 18.3 Å². The van der Waals surface area contributed by atoms with E-state index in [0.717, 1.165) is 18.9 Å². The first-order valence-corrected chi connectivity index (χ1v) is 7.96. The van der Waals surface area contributed by atoms with Gasteiger partial charge in [0, 0.05) is 24.3 Å². The molecule has 1 aliphatic heterocycles. The van der Waals surface area contributed by atoms with E-state index < -0.39 is 0 Å². The first kappa shape index (κ1) is 13.7. The summed E-state index contributed by atoms with van der Waals surface area (Å²) in [6, 6.07) is 5.99. The van der Waals surface area contributed by atoms with Gasteiger partial charge in [-0.1, -0.05) is 0 Å². The molecule has 110 valence electrons. The summed E-state index contributed by atoms with van der Waals surface area (Å²) in [4.78, 5) is 7.31. The molecule has 0 spiro atoms. The van der Waals surface area contributed by atoms with Crippen molar-refractivity contribution in [3.63, 3.8) is 0 Å². The lowest BCUT2D eigenvalue weighted by Crippen LogP contribution is -2.45.